The molecule has 3 heteroatoms. The Morgan fingerprint density at radius 2 is 1.71 bits per heavy atom. The van der Waals surface area contributed by atoms with Crippen LogP contribution in [0.5, 0.6) is 0 Å². The van der Waals surface area contributed by atoms with Gasteiger partial charge in [-0.1, -0.05) is 13.8 Å². The molecule has 0 fully saturated rings. The van der Waals surface area contributed by atoms with Crippen LogP contribution >= 0.6 is 0 Å². The number of nitrogens with zero attached hydrogens (tertiary/aromatic N) is 2. The highest BCUT2D eigenvalue weighted by Crippen LogP contribution is 2.07. The molecular formula is C11H19N3. The first-order valence-electron chi connectivity index (χ1n) is 5.15. The molecule has 0 saturated heterocycles. The normalized spacial score (nSPS) is 11.0. The summed E-state index contributed by atoms with van der Waals surface area (Å²) in [5.74, 6) is 1.37. The molecule has 1 N–H and O–H groups in total. The second-order valence-corrected chi connectivity index (χ2v) is 4.31. The molecule has 0 bridgehead atoms. The minimum absolute atomic E-state index is 0.381. The Kier molecular flexibility index (Phi) is 3.86. The van der Waals surface area contributed by atoms with E-state index in [4.69, 9.17) is 0 Å². The van der Waals surface area contributed by atoms with Crippen molar-refractivity contribution in [3.8, 4) is 0 Å². The van der Waals surface area contributed by atoms with E-state index in [1.54, 1.807) is 0 Å². The largest absolute Gasteiger partial charge is 0.352 e. The van der Waals surface area contributed by atoms with Crippen LogP contribution in [0.25, 0.3) is 0 Å². The molecule has 0 unspecified atom stereocenters. The van der Waals surface area contributed by atoms with E-state index in [0.717, 1.165) is 6.42 Å². The maximum absolute atomic E-state index is 4.25. The van der Waals surface area contributed by atoms with Gasteiger partial charge in [0.1, 0.15) is 0 Å². The molecule has 0 spiro atoms. The number of rotatable bonds is 4. The summed E-state index contributed by atoms with van der Waals surface area (Å²) in [5, 5.41) is 3.16. The van der Waals surface area contributed by atoms with Crippen LogP contribution in [-0.4, -0.2) is 16.0 Å². The van der Waals surface area contributed by atoms with Crippen molar-refractivity contribution in [2.75, 3.05) is 5.32 Å². The SMILES string of the molecule is CC(C)Cc1cnc(NC(C)C)nc1. The molecule has 1 aromatic heterocycles. The van der Waals surface area contributed by atoms with Crippen molar-refractivity contribution in [3.63, 3.8) is 0 Å². The first-order valence-corrected chi connectivity index (χ1v) is 5.15. The lowest BCUT2D eigenvalue weighted by molar-refractivity contribution is 0.643. The van der Waals surface area contributed by atoms with Crippen molar-refractivity contribution in [1.29, 1.82) is 0 Å². The molecular weight excluding hydrogens is 174 g/mol. The zero-order valence-electron chi connectivity index (χ0n) is 9.41. The average molecular weight is 193 g/mol. The Balaban J connectivity index is 2.59. The summed E-state index contributed by atoms with van der Waals surface area (Å²) in [6.45, 7) is 8.54. The van der Waals surface area contributed by atoms with Crippen LogP contribution in [0, 0.1) is 5.92 Å². The number of hydrogen-bond donors (Lipinski definition) is 1. The molecule has 0 aromatic carbocycles. The van der Waals surface area contributed by atoms with Gasteiger partial charge in [-0.2, -0.15) is 0 Å². The van der Waals surface area contributed by atoms with E-state index in [0.29, 0.717) is 17.9 Å². The van der Waals surface area contributed by atoms with E-state index in [1.807, 2.05) is 12.4 Å². The number of anilines is 1. The van der Waals surface area contributed by atoms with Crippen LogP contribution in [-0.2, 0) is 6.42 Å². The highest BCUT2D eigenvalue weighted by Gasteiger charge is 2.00. The zero-order valence-corrected chi connectivity index (χ0v) is 9.41. The monoisotopic (exact) mass is 193 g/mol. The summed E-state index contributed by atoms with van der Waals surface area (Å²) in [5.41, 5.74) is 1.20. The van der Waals surface area contributed by atoms with E-state index < -0.39 is 0 Å². The molecule has 14 heavy (non-hydrogen) atoms. The third-order valence-electron chi connectivity index (χ3n) is 1.77. The van der Waals surface area contributed by atoms with Crippen LogP contribution in [0.1, 0.15) is 33.3 Å². The van der Waals surface area contributed by atoms with Crippen molar-refractivity contribution in [2.24, 2.45) is 5.92 Å². The van der Waals surface area contributed by atoms with Gasteiger partial charge in [0.25, 0.3) is 0 Å². The zero-order chi connectivity index (χ0) is 10.6. The van der Waals surface area contributed by atoms with E-state index in [1.165, 1.54) is 5.56 Å². The van der Waals surface area contributed by atoms with Gasteiger partial charge in [0.05, 0.1) is 0 Å². The van der Waals surface area contributed by atoms with Gasteiger partial charge in [-0.3, -0.25) is 0 Å². The highest BCUT2D eigenvalue weighted by atomic mass is 15.1. The summed E-state index contributed by atoms with van der Waals surface area (Å²) in [7, 11) is 0. The van der Waals surface area contributed by atoms with Crippen molar-refractivity contribution < 1.29 is 0 Å². The van der Waals surface area contributed by atoms with Gasteiger partial charge in [-0.25, -0.2) is 9.97 Å². The summed E-state index contributed by atoms with van der Waals surface area (Å²) in [6.07, 6.45) is 4.84. The molecule has 0 aliphatic rings. The van der Waals surface area contributed by atoms with Crippen LogP contribution in [0.3, 0.4) is 0 Å². The fraction of sp³-hybridized carbons (Fsp3) is 0.636. The van der Waals surface area contributed by atoms with Gasteiger partial charge >= 0.3 is 0 Å². The molecule has 0 saturated carbocycles. The van der Waals surface area contributed by atoms with Gasteiger partial charge in [0.15, 0.2) is 0 Å². The minimum atomic E-state index is 0.381. The third-order valence-corrected chi connectivity index (χ3v) is 1.77. The van der Waals surface area contributed by atoms with E-state index >= 15 is 0 Å². The van der Waals surface area contributed by atoms with Crippen molar-refractivity contribution in [1.82, 2.24) is 9.97 Å². The lowest BCUT2D eigenvalue weighted by atomic mass is 10.1. The first kappa shape index (κ1) is 11.0. The van der Waals surface area contributed by atoms with E-state index in [9.17, 15) is 0 Å². The van der Waals surface area contributed by atoms with Crippen LogP contribution < -0.4 is 5.32 Å². The highest BCUT2D eigenvalue weighted by molar-refractivity contribution is 5.25. The molecule has 1 heterocycles. The van der Waals surface area contributed by atoms with Gasteiger partial charge in [0.2, 0.25) is 5.95 Å². The Bertz CT molecular complexity index is 235. The molecule has 1 aromatic rings. The third kappa shape index (κ3) is 3.73. The Hall–Kier alpha value is -1.12. The predicted octanol–water partition coefficient (Wildman–Crippen LogP) is 2.50. The molecule has 0 aliphatic heterocycles. The Morgan fingerprint density at radius 1 is 1.14 bits per heavy atom. The predicted molar refractivity (Wildman–Crippen MR) is 59.3 cm³/mol. The molecule has 0 aliphatic carbocycles. The van der Waals surface area contributed by atoms with Gasteiger partial charge in [-0.05, 0) is 31.7 Å². The maximum atomic E-state index is 4.25. The van der Waals surface area contributed by atoms with E-state index in [-0.39, 0.29) is 0 Å². The topological polar surface area (TPSA) is 37.8 Å². The molecule has 78 valence electrons. The fourth-order valence-corrected chi connectivity index (χ4v) is 1.26. The molecule has 0 amide bonds. The van der Waals surface area contributed by atoms with E-state index in [2.05, 4.69) is 43.0 Å². The molecule has 0 atom stereocenters. The molecule has 1 rings (SSSR count). The van der Waals surface area contributed by atoms with Crippen molar-refractivity contribution in [2.45, 2.75) is 40.2 Å². The van der Waals surface area contributed by atoms with Crippen molar-refractivity contribution >= 4 is 5.95 Å². The van der Waals surface area contributed by atoms with Gasteiger partial charge in [-0.15, -0.1) is 0 Å². The summed E-state index contributed by atoms with van der Waals surface area (Å²) >= 11 is 0. The van der Waals surface area contributed by atoms with Crippen LogP contribution in [0.4, 0.5) is 5.95 Å². The number of aromatic nitrogens is 2. The summed E-state index contributed by atoms with van der Waals surface area (Å²) in [4.78, 5) is 8.50. The molecule has 0 radical (unpaired) electrons. The first-order chi connectivity index (χ1) is 6.58. The Morgan fingerprint density at radius 3 is 2.14 bits per heavy atom. The number of nitrogens with one attached hydrogen (secondary N) is 1. The fourth-order valence-electron chi connectivity index (χ4n) is 1.26. The van der Waals surface area contributed by atoms with Crippen molar-refractivity contribution in [3.05, 3.63) is 18.0 Å². The molecule has 3 nitrogen and oxygen atoms in total. The average Bonchev–Trinajstić information content (AvgIpc) is 2.06. The standard InChI is InChI=1S/C11H19N3/c1-8(2)5-10-6-12-11(13-7-10)14-9(3)4/h6-9H,5H2,1-4H3,(H,12,13,14). The second kappa shape index (κ2) is 4.94. The lowest BCUT2D eigenvalue weighted by Gasteiger charge is -2.08. The quantitative estimate of drug-likeness (QED) is 0.798. The Labute approximate surface area is 86.0 Å². The maximum Gasteiger partial charge on any atom is 0.222 e. The minimum Gasteiger partial charge on any atom is -0.352 e. The van der Waals surface area contributed by atoms with Gasteiger partial charge < -0.3 is 5.32 Å². The summed E-state index contributed by atoms with van der Waals surface area (Å²) < 4.78 is 0. The van der Waals surface area contributed by atoms with Crippen LogP contribution in [0.2, 0.25) is 0 Å². The second-order valence-electron chi connectivity index (χ2n) is 4.31. The summed E-state index contributed by atoms with van der Waals surface area (Å²) in [6, 6.07) is 0.381. The van der Waals surface area contributed by atoms with Gasteiger partial charge in [0, 0.05) is 18.4 Å². The smallest absolute Gasteiger partial charge is 0.222 e. The lowest BCUT2D eigenvalue weighted by Crippen LogP contribution is -2.12. The van der Waals surface area contributed by atoms with Crippen LogP contribution in [0.15, 0.2) is 12.4 Å². The number of hydrogen-bond acceptors (Lipinski definition) is 3.